The van der Waals surface area contributed by atoms with Gasteiger partial charge in [-0.25, -0.2) is 0 Å². The van der Waals surface area contributed by atoms with E-state index in [1.54, 1.807) is 7.11 Å². The van der Waals surface area contributed by atoms with E-state index in [1.807, 2.05) is 12.1 Å². The van der Waals surface area contributed by atoms with Crippen molar-refractivity contribution < 1.29 is 4.74 Å². The van der Waals surface area contributed by atoms with Gasteiger partial charge in [0.2, 0.25) is 0 Å². The Morgan fingerprint density at radius 1 is 1.44 bits per heavy atom. The van der Waals surface area contributed by atoms with E-state index >= 15 is 0 Å². The lowest BCUT2D eigenvalue weighted by atomic mass is 10.1. The second-order valence-corrected chi connectivity index (χ2v) is 5.03. The summed E-state index contributed by atoms with van der Waals surface area (Å²) in [5.41, 5.74) is 1.29. The van der Waals surface area contributed by atoms with Crippen molar-refractivity contribution >= 4 is 0 Å². The maximum Gasteiger partial charge on any atom is 0.119 e. The molecule has 1 atom stereocenters. The summed E-state index contributed by atoms with van der Waals surface area (Å²) in [6.45, 7) is 8.00. The van der Waals surface area contributed by atoms with Crippen LogP contribution < -0.4 is 10.1 Å². The molecule has 3 nitrogen and oxygen atoms in total. The minimum atomic E-state index is 0.815. The highest BCUT2D eigenvalue weighted by Gasteiger charge is 2.20. The second-order valence-electron chi connectivity index (χ2n) is 5.03. The third kappa shape index (κ3) is 3.72. The molecule has 1 heterocycles. The Labute approximate surface area is 110 Å². The first-order chi connectivity index (χ1) is 8.81. The molecule has 1 unspecified atom stereocenters. The molecule has 0 spiro atoms. The molecule has 18 heavy (non-hydrogen) atoms. The molecule has 0 bridgehead atoms. The van der Waals surface area contributed by atoms with Crippen molar-refractivity contribution in [1.82, 2.24) is 10.2 Å². The van der Waals surface area contributed by atoms with Crippen molar-refractivity contribution in [2.45, 2.75) is 19.9 Å². The summed E-state index contributed by atoms with van der Waals surface area (Å²) < 4.78 is 5.23. The zero-order chi connectivity index (χ0) is 12.8. The zero-order valence-corrected chi connectivity index (χ0v) is 11.5. The van der Waals surface area contributed by atoms with Gasteiger partial charge >= 0.3 is 0 Å². The predicted octanol–water partition coefficient (Wildman–Crippen LogP) is 2.13. The average Bonchev–Trinajstić information content (AvgIpc) is 2.87. The highest BCUT2D eigenvalue weighted by molar-refractivity contribution is 5.28. The van der Waals surface area contributed by atoms with Gasteiger partial charge in [-0.1, -0.05) is 19.1 Å². The van der Waals surface area contributed by atoms with Crippen molar-refractivity contribution in [2.75, 3.05) is 33.3 Å². The van der Waals surface area contributed by atoms with E-state index in [0.717, 1.165) is 24.8 Å². The monoisotopic (exact) mass is 248 g/mol. The van der Waals surface area contributed by atoms with E-state index in [1.165, 1.54) is 31.6 Å². The van der Waals surface area contributed by atoms with Gasteiger partial charge in [0.25, 0.3) is 0 Å². The number of nitrogens with zero attached hydrogens (tertiary/aromatic N) is 1. The molecule has 0 aromatic heterocycles. The van der Waals surface area contributed by atoms with Crippen LogP contribution >= 0.6 is 0 Å². The van der Waals surface area contributed by atoms with Crippen molar-refractivity contribution in [3.8, 4) is 5.75 Å². The smallest absolute Gasteiger partial charge is 0.119 e. The molecule has 100 valence electrons. The van der Waals surface area contributed by atoms with Crippen molar-refractivity contribution in [3.05, 3.63) is 29.8 Å². The molecule has 0 amide bonds. The maximum absolute atomic E-state index is 5.23. The fourth-order valence-corrected chi connectivity index (χ4v) is 2.57. The lowest BCUT2D eigenvalue weighted by Gasteiger charge is -2.14. The van der Waals surface area contributed by atoms with Crippen LogP contribution in [-0.4, -0.2) is 38.2 Å². The number of methoxy groups -OCH3 is 1. The summed E-state index contributed by atoms with van der Waals surface area (Å²) in [7, 11) is 1.71. The van der Waals surface area contributed by atoms with Crippen LogP contribution in [0.2, 0.25) is 0 Å². The zero-order valence-electron chi connectivity index (χ0n) is 11.5. The number of nitrogens with one attached hydrogen (secondary N) is 1. The highest BCUT2D eigenvalue weighted by atomic mass is 16.5. The Hall–Kier alpha value is -1.06. The Kier molecular flexibility index (Phi) is 5.02. The van der Waals surface area contributed by atoms with Crippen molar-refractivity contribution in [3.63, 3.8) is 0 Å². The normalized spacial score (nSPS) is 20.2. The lowest BCUT2D eigenvalue weighted by Crippen LogP contribution is -2.26. The van der Waals surface area contributed by atoms with E-state index in [4.69, 9.17) is 4.74 Å². The first-order valence-corrected chi connectivity index (χ1v) is 6.87. The van der Waals surface area contributed by atoms with Gasteiger partial charge in [0.15, 0.2) is 0 Å². The maximum atomic E-state index is 5.23. The Bertz CT molecular complexity index is 367. The summed E-state index contributed by atoms with van der Waals surface area (Å²) in [6.07, 6.45) is 1.33. The SMILES string of the molecule is CCN1CCC(CNCc2cccc(OC)c2)C1. The van der Waals surface area contributed by atoms with Gasteiger partial charge in [0.05, 0.1) is 7.11 Å². The number of benzene rings is 1. The molecular weight excluding hydrogens is 224 g/mol. The Morgan fingerprint density at radius 2 is 2.33 bits per heavy atom. The second kappa shape index (κ2) is 6.76. The summed E-state index contributed by atoms with van der Waals surface area (Å²) in [6, 6.07) is 8.27. The Balaban J connectivity index is 1.72. The van der Waals surface area contributed by atoms with Gasteiger partial charge in [-0.15, -0.1) is 0 Å². The fraction of sp³-hybridized carbons (Fsp3) is 0.600. The van der Waals surface area contributed by atoms with Crippen LogP contribution in [-0.2, 0) is 6.54 Å². The first kappa shape index (κ1) is 13.4. The third-order valence-electron chi connectivity index (χ3n) is 3.71. The lowest BCUT2D eigenvalue weighted by molar-refractivity contribution is 0.339. The van der Waals surface area contributed by atoms with Gasteiger partial charge < -0.3 is 15.0 Å². The molecule has 0 radical (unpaired) electrons. The molecule has 1 aliphatic rings. The summed E-state index contributed by atoms with van der Waals surface area (Å²) >= 11 is 0. The fourth-order valence-electron chi connectivity index (χ4n) is 2.57. The van der Waals surface area contributed by atoms with Crippen LogP contribution in [0.3, 0.4) is 0 Å². The van der Waals surface area contributed by atoms with E-state index in [-0.39, 0.29) is 0 Å². The molecule has 3 heteroatoms. The molecule has 0 saturated carbocycles. The highest BCUT2D eigenvalue weighted by Crippen LogP contribution is 2.15. The Morgan fingerprint density at radius 3 is 3.06 bits per heavy atom. The first-order valence-electron chi connectivity index (χ1n) is 6.87. The van der Waals surface area contributed by atoms with E-state index in [0.29, 0.717) is 0 Å². The average molecular weight is 248 g/mol. The largest absolute Gasteiger partial charge is 0.497 e. The topological polar surface area (TPSA) is 24.5 Å². The minimum Gasteiger partial charge on any atom is -0.497 e. The van der Waals surface area contributed by atoms with Crippen LogP contribution in [0.1, 0.15) is 18.9 Å². The number of hydrogen-bond acceptors (Lipinski definition) is 3. The minimum absolute atomic E-state index is 0.815. The molecule has 1 saturated heterocycles. The summed E-state index contributed by atoms with van der Waals surface area (Å²) in [5.74, 6) is 1.75. The van der Waals surface area contributed by atoms with E-state index in [2.05, 4.69) is 29.3 Å². The van der Waals surface area contributed by atoms with Gasteiger partial charge in [-0.3, -0.25) is 0 Å². The molecular formula is C15H24N2O. The van der Waals surface area contributed by atoms with Crippen LogP contribution in [0, 0.1) is 5.92 Å². The summed E-state index contributed by atoms with van der Waals surface area (Å²) in [4.78, 5) is 2.53. The van der Waals surface area contributed by atoms with E-state index < -0.39 is 0 Å². The predicted molar refractivity (Wildman–Crippen MR) is 74.9 cm³/mol. The van der Waals surface area contributed by atoms with Crippen LogP contribution in [0.15, 0.2) is 24.3 Å². The molecule has 2 rings (SSSR count). The standard InChI is InChI=1S/C15H24N2O/c1-3-17-8-7-14(12-17)11-16-10-13-5-4-6-15(9-13)18-2/h4-6,9,14,16H,3,7-8,10-12H2,1-2H3. The molecule has 0 aliphatic carbocycles. The van der Waals surface area contributed by atoms with E-state index in [9.17, 15) is 0 Å². The molecule has 1 N–H and O–H groups in total. The van der Waals surface area contributed by atoms with Crippen molar-refractivity contribution in [2.24, 2.45) is 5.92 Å². The molecule has 1 fully saturated rings. The molecule has 1 aliphatic heterocycles. The van der Waals surface area contributed by atoms with Gasteiger partial charge in [-0.2, -0.15) is 0 Å². The van der Waals surface area contributed by atoms with Crippen molar-refractivity contribution in [1.29, 1.82) is 0 Å². The van der Waals surface area contributed by atoms with Gasteiger partial charge in [-0.05, 0) is 49.7 Å². The quantitative estimate of drug-likeness (QED) is 0.834. The number of likely N-dealkylation sites (tertiary alicyclic amines) is 1. The molecule has 1 aromatic carbocycles. The third-order valence-corrected chi connectivity index (χ3v) is 3.71. The molecule has 1 aromatic rings. The number of ether oxygens (including phenoxy) is 1. The van der Waals surface area contributed by atoms with Crippen LogP contribution in [0.5, 0.6) is 5.75 Å². The van der Waals surface area contributed by atoms with Crippen LogP contribution in [0.4, 0.5) is 0 Å². The number of rotatable bonds is 6. The summed E-state index contributed by atoms with van der Waals surface area (Å²) in [5, 5.41) is 3.56. The number of hydrogen-bond donors (Lipinski definition) is 1. The van der Waals surface area contributed by atoms with Gasteiger partial charge in [0.1, 0.15) is 5.75 Å². The van der Waals surface area contributed by atoms with Gasteiger partial charge in [0, 0.05) is 13.1 Å². The van der Waals surface area contributed by atoms with Crippen LogP contribution in [0.25, 0.3) is 0 Å².